The minimum atomic E-state index is -3.18. The molecule has 1 aromatic rings. The van der Waals surface area contributed by atoms with Gasteiger partial charge < -0.3 is 5.73 Å². The molecule has 0 saturated heterocycles. The van der Waals surface area contributed by atoms with Crippen molar-refractivity contribution in [2.75, 3.05) is 18.0 Å². The van der Waals surface area contributed by atoms with E-state index >= 15 is 0 Å². The molecule has 20 heavy (non-hydrogen) atoms. The number of nitrogens with zero attached hydrogens (tertiary/aromatic N) is 2. The molecule has 0 unspecified atom stereocenters. The van der Waals surface area contributed by atoms with Gasteiger partial charge in [0.25, 0.3) is 0 Å². The Labute approximate surface area is 123 Å². The second kappa shape index (κ2) is 5.02. The van der Waals surface area contributed by atoms with Gasteiger partial charge >= 0.3 is 0 Å². The molecule has 1 aliphatic heterocycles. The predicted octanol–water partition coefficient (Wildman–Crippen LogP) is 1.69. The van der Waals surface area contributed by atoms with E-state index in [-0.39, 0.29) is 5.75 Å². The molecule has 2 N–H and O–H groups in total. The second-order valence-electron chi connectivity index (χ2n) is 5.49. The normalized spacial score (nSPS) is 19.6. The zero-order chi connectivity index (χ0) is 14.3. The quantitative estimate of drug-likeness (QED) is 0.916. The largest absolute Gasteiger partial charge is 0.389 e. The maximum atomic E-state index is 12.3. The molecule has 2 heterocycles. The summed E-state index contributed by atoms with van der Waals surface area (Å²) in [6.45, 7) is 0.837. The van der Waals surface area contributed by atoms with Gasteiger partial charge in [-0.3, -0.25) is 0 Å². The maximum Gasteiger partial charge on any atom is 0.214 e. The molecule has 5 nitrogen and oxygen atoms in total. The first-order valence-corrected chi connectivity index (χ1v) is 9.22. The lowest BCUT2D eigenvalue weighted by atomic mass is 10.1. The highest BCUT2D eigenvalue weighted by atomic mass is 32.2. The van der Waals surface area contributed by atoms with Crippen molar-refractivity contribution in [3.05, 3.63) is 16.0 Å². The minimum Gasteiger partial charge on any atom is -0.389 e. The summed E-state index contributed by atoms with van der Waals surface area (Å²) in [5.41, 5.74) is 7.31. The zero-order valence-corrected chi connectivity index (χ0v) is 12.8. The lowest BCUT2D eigenvalue weighted by Gasteiger charge is -2.26. The smallest absolute Gasteiger partial charge is 0.214 e. The molecule has 0 spiro atoms. The van der Waals surface area contributed by atoms with E-state index in [9.17, 15) is 8.42 Å². The molecule has 0 radical (unpaired) electrons. The summed E-state index contributed by atoms with van der Waals surface area (Å²) in [5.74, 6) is 0.867. The van der Waals surface area contributed by atoms with Crippen molar-refractivity contribution in [3.63, 3.8) is 0 Å². The Morgan fingerprint density at radius 1 is 1.45 bits per heavy atom. The van der Waals surface area contributed by atoms with Gasteiger partial charge in [-0.1, -0.05) is 12.8 Å². The van der Waals surface area contributed by atoms with Crippen LogP contribution in [0.4, 0.5) is 5.00 Å². The Morgan fingerprint density at radius 2 is 2.20 bits per heavy atom. The van der Waals surface area contributed by atoms with E-state index < -0.39 is 10.0 Å². The summed E-state index contributed by atoms with van der Waals surface area (Å²) in [6, 6.07) is 2.12. The van der Waals surface area contributed by atoms with Crippen molar-refractivity contribution >= 4 is 26.4 Å². The van der Waals surface area contributed by atoms with Gasteiger partial charge in [0.05, 0.1) is 11.3 Å². The summed E-state index contributed by atoms with van der Waals surface area (Å²) in [7, 11) is -3.18. The van der Waals surface area contributed by atoms with Crippen LogP contribution in [0.1, 0.15) is 35.3 Å². The first-order chi connectivity index (χ1) is 9.51. The standard InChI is InChI=1S/C13H17N3O2S2/c14-7-11-10-3-5-16(8-12(10)19-13(11)15)20(17,18)6-4-9-1-2-9/h9H,1-6,8,15H2. The third-order valence-electron chi connectivity index (χ3n) is 4.04. The molecule has 1 fully saturated rings. The Morgan fingerprint density at radius 3 is 2.85 bits per heavy atom. The van der Waals surface area contributed by atoms with E-state index in [0.29, 0.717) is 36.0 Å². The van der Waals surface area contributed by atoms with Gasteiger partial charge in [0, 0.05) is 18.0 Å². The van der Waals surface area contributed by atoms with E-state index in [1.165, 1.54) is 24.2 Å². The molecule has 0 amide bonds. The number of thiophene rings is 1. The van der Waals surface area contributed by atoms with Crippen LogP contribution in [-0.4, -0.2) is 25.0 Å². The van der Waals surface area contributed by atoms with Crippen molar-refractivity contribution in [1.82, 2.24) is 4.31 Å². The third-order valence-corrected chi connectivity index (χ3v) is 6.93. The molecule has 7 heteroatoms. The average molecular weight is 311 g/mol. The fourth-order valence-electron chi connectivity index (χ4n) is 2.61. The molecule has 0 bridgehead atoms. The van der Waals surface area contributed by atoms with Crippen molar-refractivity contribution in [2.24, 2.45) is 5.92 Å². The number of sulfonamides is 1. The van der Waals surface area contributed by atoms with Gasteiger partial charge in [-0.25, -0.2) is 8.42 Å². The van der Waals surface area contributed by atoms with E-state index in [1.807, 2.05) is 0 Å². The average Bonchev–Trinajstić information content (AvgIpc) is 3.18. The molecule has 0 aromatic carbocycles. The van der Waals surface area contributed by atoms with Crippen LogP contribution in [0.2, 0.25) is 0 Å². The monoisotopic (exact) mass is 311 g/mol. The first kappa shape index (κ1) is 13.9. The molecular formula is C13H17N3O2S2. The number of nitrogen functional groups attached to an aromatic ring is 1. The molecule has 1 saturated carbocycles. The molecule has 1 aliphatic carbocycles. The number of nitrogens with two attached hydrogens (primary N) is 1. The summed E-state index contributed by atoms with van der Waals surface area (Å²) >= 11 is 1.35. The number of hydrogen-bond donors (Lipinski definition) is 1. The van der Waals surface area contributed by atoms with E-state index in [2.05, 4.69) is 6.07 Å². The van der Waals surface area contributed by atoms with Gasteiger partial charge in [-0.15, -0.1) is 11.3 Å². The molecule has 0 atom stereocenters. The Kier molecular flexibility index (Phi) is 3.48. The van der Waals surface area contributed by atoms with Crippen LogP contribution in [-0.2, 0) is 23.0 Å². The summed E-state index contributed by atoms with van der Waals surface area (Å²) < 4.78 is 26.2. The van der Waals surface area contributed by atoms with Crippen molar-refractivity contribution in [3.8, 4) is 6.07 Å². The summed E-state index contributed by atoms with van der Waals surface area (Å²) in [6.07, 6.45) is 3.72. The van der Waals surface area contributed by atoms with Gasteiger partial charge in [0.15, 0.2) is 0 Å². The lowest BCUT2D eigenvalue weighted by Crippen LogP contribution is -2.37. The second-order valence-corrected chi connectivity index (χ2v) is 8.71. The zero-order valence-electron chi connectivity index (χ0n) is 11.1. The van der Waals surface area contributed by atoms with E-state index in [0.717, 1.165) is 16.9 Å². The molecule has 3 rings (SSSR count). The highest BCUT2D eigenvalue weighted by molar-refractivity contribution is 7.89. The van der Waals surface area contributed by atoms with E-state index in [1.54, 1.807) is 4.31 Å². The lowest BCUT2D eigenvalue weighted by molar-refractivity contribution is 0.394. The highest BCUT2D eigenvalue weighted by Gasteiger charge is 2.32. The maximum absolute atomic E-state index is 12.3. The Hall–Kier alpha value is -1.10. The number of nitriles is 1. The topological polar surface area (TPSA) is 87.2 Å². The van der Waals surface area contributed by atoms with Gasteiger partial charge in [0.2, 0.25) is 10.0 Å². The number of rotatable bonds is 4. The van der Waals surface area contributed by atoms with Crippen molar-refractivity contribution < 1.29 is 8.42 Å². The number of hydrogen-bond acceptors (Lipinski definition) is 5. The van der Waals surface area contributed by atoms with E-state index in [4.69, 9.17) is 11.0 Å². The van der Waals surface area contributed by atoms with Crippen LogP contribution in [0.3, 0.4) is 0 Å². The molecular weight excluding hydrogens is 294 g/mol. The van der Waals surface area contributed by atoms with Gasteiger partial charge in [-0.05, 0) is 24.3 Å². The third kappa shape index (κ3) is 2.55. The van der Waals surface area contributed by atoms with Crippen LogP contribution in [0.15, 0.2) is 0 Å². The van der Waals surface area contributed by atoms with Crippen LogP contribution in [0, 0.1) is 17.2 Å². The molecule has 1 aromatic heterocycles. The first-order valence-electron chi connectivity index (χ1n) is 6.79. The van der Waals surface area contributed by atoms with Crippen molar-refractivity contribution in [2.45, 2.75) is 32.2 Å². The predicted molar refractivity (Wildman–Crippen MR) is 78.7 cm³/mol. The number of anilines is 1. The summed E-state index contributed by atoms with van der Waals surface area (Å²) in [5, 5.41) is 9.60. The highest BCUT2D eigenvalue weighted by Crippen LogP contribution is 2.36. The SMILES string of the molecule is N#Cc1c(N)sc2c1CCN(S(=O)(=O)CCC1CC1)C2. The Bertz CT molecular complexity index is 669. The fourth-order valence-corrected chi connectivity index (χ4v) is 5.36. The van der Waals surface area contributed by atoms with Gasteiger partial charge in [0.1, 0.15) is 11.1 Å². The van der Waals surface area contributed by atoms with Crippen LogP contribution >= 0.6 is 11.3 Å². The molecule has 108 valence electrons. The Balaban J connectivity index is 1.76. The van der Waals surface area contributed by atoms with Crippen molar-refractivity contribution in [1.29, 1.82) is 5.26 Å². The van der Waals surface area contributed by atoms with Crippen LogP contribution < -0.4 is 5.73 Å². The fraction of sp³-hybridized carbons (Fsp3) is 0.615. The summed E-state index contributed by atoms with van der Waals surface area (Å²) in [4.78, 5) is 0.931. The minimum absolute atomic E-state index is 0.249. The number of fused-ring (bicyclic) bond motifs is 1. The van der Waals surface area contributed by atoms with Crippen LogP contribution in [0.25, 0.3) is 0 Å². The molecule has 2 aliphatic rings. The van der Waals surface area contributed by atoms with Gasteiger partial charge in [-0.2, -0.15) is 9.57 Å². The van der Waals surface area contributed by atoms with Crippen LogP contribution in [0.5, 0.6) is 0 Å².